The number of sulfonamides is 1. The van der Waals surface area contributed by atoms with Gasteiger partial charge in [-0.3, -0.25) is 9.59 Å². The molecule has 0 unspecified atom stereocenters. The number of rotatable bonds is 5. The number of Topliss-reactive ketones (excluding diaryl/α,β-unsaturated/α-hetero) is 1. The molecule has 1 aliphatic rings. The van der Waals surface area contributed by atoms with Gasteiger partial charge in [0.15, 0.2) is 5.78 Å². The molecule has 0 bridgehead atoms. The molecule has 1 aromatic carbocycles. The molecule has 0 saturated heterocycles. The van der Waals surface area contributed by atoms with Crippen molar-refractivity contribution in [2.24, 2.45) is 5.92 Å². The standard InChI is InChI=1S/C22H28N2O6S/c1-13(25)18-12-15-11-17(9-10-19(15)30-21(18)27)23-20(26)14-5-7-16(8-6-14)24-31(28,29)22(2,3)4/h9-12,14,16,24H,5-8H2,1-4H3,(H,23,26)/t14-,16-. The Kier molecular flexibility index (Phi) is 6.38. The Labute approximate surface area is 181 Å². The van der Waals surface area contributed by atoms with Crippen LogP contribution in [0.3, 0.4) is 0 Å². The molecule has 3 rings (SSSR count). The van der Waals surface area contributed by atoms with E-state index in [0.717, 1.165) is 0 Å². The van der Waals surface area contributed by atoms with Gasteiger partial charge in [-0.1, -0.05) is 0 Å². The van der Waals surface area contributed by atoms with Gasteiger partial charge in [0.1, 0.15) is 11.1 Å². The van der Waals surface area contributed by atoms with Gasteiger partial charge in [0, 0.05) is 23.0 Å². The average Bonchev–Trinajstić information content (AvgIpc) is 2.66. The largest absolute Gasteiger partial charge is 0.422 e. The first-order chi connectivity index (χ1) is 14.4. The first-order valence-electron chi connectivity index (χ1n) is 10.3. The van der Waals surface area contributed by atoms with Crippen LogP contribution in [0, 0.1) is 5.92 Å². The van der Waals surface area contributed by atoms with E-state index in [0.29, 0.717) is 42.3 Å². The van der Waals surface area contributed by atoms with Crippen molar-refractivity contribution in [2.45, 2.75) is 64.2 Å². The van der Waals surface area contributed by atoms with E-state index in [4.69, 9.17) is 4.42 Å². The Balaban J connectivity index is 1.65. The number of nitrogens with one attached hydrogen (secondary N) is 2. The normalized spacial score (nSPS) is 19.9. The van der Waals surface area contributed by atoms with Crippen LogP contribution < -0.4 is 15.7 Å². The summed E-state index contributed by atoms with van der Waals surface area (Å²) >= 11 is 0. The van der Waals surface area contributed by atoms with Crippen LogP contribution in [0.1, 0.15) is 63.7 Å². The lowest BCUT2D eigenvalue weighted by Crippen LogP contribution is -2.46. The van der Waals surface area contributed by atoms with Crippen molar-refractivity contribution in [2.75, 3.05) is 5.32 Å². The van der Waals surface area contributed by atoms with Crippen LogP contribution in [0.5, 0.6) is 0 Å². The zero-order valence-electron chi connectivity index (χ0n) is 18.2. The smallest absolute Gasteiger partial charge is 0.347 e. The van der Waals surface area contributed by atoms with Crippen LogP contribution >= 0.6 is 0 Å². The molecule has 0 atom stereocenters. The highest BCUT2D eigenvalue weighted by atomic mass is 32.2. The Morgan fingerprint density at radius 2 is 1.71 bits per heavy atom. The summed E-state index contributed by atoms with van der Waals surface area (Å²) in [6, 6.07) is 6.17. The Bertz CT molecular complexity index is 1170. The maximum absolute atomic E-state index is 12.7. The number of amides is 1. The number of anilines is 1. The summed E-state index contributed by atoms with van der Waals surface area (Å²) in [4.78, 5) is 36.1. The zero-order chi connectivity index (χ0) is 23.0. The van der Waals surface area contributed by atoms with E-state index in [1.807, 2.05) is 0 Å². The summed E-state index contributed by atoms with van der Waals surface area (Å²) in [5.41, 5.74) is 0.152. The van der Waals surface area contributed by atoms with Crippen LogP contribution in [0.2, 0.25) is 0 Å². The molecule has 1 aliphatic carbocycles. The summed E-state index contributed by atoms with van der Waals surface area (Å²) < 4.78 is 31.7. The minimum absolute atomic E-state index is 0.0352. The van der Waals surface area contributed by atoms with E-state index in [1.54, 1.807) is 39.0 Å². The molecular weight excluding hydrogens is 420 g/mol. The molecule has 2 N–H and O–H groups in total. The van der Waals surface area contributed by atoms with E-state index >= 15 is 0 Å². The molecule has 0 aliphatic heterocycles. The molecule has 168 valence electrons. The topological polar surface area (TPSA) is 123 Å². The van der Waals surface area contributed by atoms with Gasteiger partial charge in [-0.25, -0.2) is 17.9 Å². The molecule has 8 nitrogen and oxygen atoms in total. The summed E-state index contributed by atoms with van der Waals surface area (Å²) in [6.45, 7) is 6.26. The Morgan fingerprint density at radius 3 is 2.29 bits per heavy atom. The van der Waals surface area contributed by atoms with Crippen LogP contribution in [0.4, 0.5) is 5.69 Å². The van der Waals surface area contributed by atoms with Crippen LogP contribution in [-0.2, 0) is 14.8 Å². The minimum Gasteiger partial charge on any atom is -0.422 e. The second-order valence-corrected chi connectivity index (χ2v) is 11.5. The average molecular weight is 449 g/mol. The molecule has 9 heteroatoms. The number of ketones is 1. The summed E-state index contributed by atoms with van der Waals surface area (Å²) in [6.07, 6.45) is 2.36. The van der Waals surface area contributed by atoms with E-state index in [-0.39, 0.29) is 29.2 Å². The highest BCUT2D eigenvalue weighted by molar-refractivity contribution is 7.90. The lowest BCUT2D eigenvalue weighted by molar-refractivity contribution is -0.120. The fourth-order valence-electron chi connectivity index (χ4n) is 3.56. The third kappa shape index (κ3) is 5.22. The molecule has 1 saturated carbocycles. The molecule has 1 fully saturated rings. The van der Waals surface area contributed by atoms with E-state index in [9.17, 15) is 22.8 Å². The molecular formula is C22H28N2O6S. The van der Waals surface area contributed by atoms with Crippen LogP contribution in [-0.4, -0.2) is 30.9 Å². The van der Waals surface area contributed by atoms with Gasteiger partial charge in [0.2, 0.25) is 15.9 Å². The van der Waals surface area contributed by atoms with E-state index in [2.05, 4.69) is 10.0 Å². The Hall–Kier alpha value is -2.52. The SMILES string of the molecule is CC(=O)c1cc2cc(NC(=O)[C@H]3CC[C@H](NS(=O)(=O)C(C)(C)C)CC3)ccc2oc1=O. The van der Waals surface area contributed by atoms with Crippen molar-refractivity contribution < 1.29 is 22.4 Å². The van der Waals surface area contributed by atoms with Crippen molar-refractivity contribution in [3.8, 4) is 0 Å². The van der Waals surface area contributed by atoms with Gasteiger partial charge >= 0.3 is 5.63 Å². The van der Waals surface area contributed by atoms with Crippen molar-refractivity contribution in [1.29, 1.82) is 0 Å². The summed E-state index contributed by atoms with van der Waals surface area (Å²) in [7, 11) is -3.42. The minimum atomic E-state index is -3.42. The molecule has 1 heterocycles. The number of benzene rings is 1. The highest BCUT2D eigenvalue weighted by Crippen LogP contribution is 2.28. The lowest BCUT2D eigenvalue weighted by Gasteiger charge is -2.30. The van der Waals surface area contributed by atoms with Gasteiger partial charge < -0.3 is 9.73 Å². The number of carbonyl (C=O) groups is 2. The van der Waals surface area contributed by atoms with Crippen molar-refractivity contribution in [3.63, 3.8) is 0 Å². The number of fused-ring (bicyclic) bond motifs is 1. The van der Waals surface area contributed by atoms with Crippen LogP contribution in [0.15, 0.2) is 33.5 Å². The van der Waals surface area contributed by atoms with Crippen molar-refractivity contribution in [1.82, 2.24) is 4.72 Å². The van der Waals surface area contributed by atoms with Gasteiger partial charge in [0.05, 0.1) is 4.75 Å². The van der Waals surface area contributed by atoms with Gasteiger partial charge in [0.25, 0.3) is 0 Å². The predicted octanol–water partition coefficient (Wildman–Crippen LogP) is 3.21. The van der Waals surface area contributed by atoms with Crippen molar-refractivity contribution >= 4 is 38.4 Å². The molecule has 1 aromatic heterocycles. The molecule has 0 radical (unpaired) electrons. The molecule has 2 aromatic rings. The fourth-order valence-corrected chi connectivity index (χ4v) is 4.59. The van der Waals surface area contributed by atoms with Gasteiger partial charge in [-0.05, 0) is 77.6 Å². The number of carbonyl (C=O) groups excluding carboxylic acids is 2. The number of hydrogen-bond donors (Lipinski definition) is 2. The maximum Gasteiger partial charge on any atom is 0.347 e. The van der Waals surface area contributed by atoms with E-state index < -0.39 is 20.4 Å². The maximum atomic E-state index is 12.7. The lowest BCUT2D eigenvalue weighted by atomic mass is 9.86. The molecule has 0 spiro atoms. The first kappa shape index (κ1) is 23.1. The van der Waals surface area contributed by atoms with Crippen molar-refractivity contribution in [3.05, 3.63) is 40.2 Å². The predicted molar refractivity (Wildman–Crippen MR) is 119 cm³/mol. The second kappa shape index (κ2) is 8.55. The quantitative estimate of drug-likeness (QED) is 0.535. The second-order valence-electron chi connectivity index (χ2n) is 9.03. The summed E-state index contributed by atoms with van der Waals surface area (Å²) in [5, 5.41) is 3.42. The Morgan fingerprint density at radius 1 is 1.06 bits per heavy atom. The fraction of sp³-hybridized carbons (Fsp3) is 0.500. The summed E-state index contributed by atoms with van der Waals surface area (Å²) in [5.74, 6) is -0.739. The van der Waals surface area contributed by atoms with Crippen LogP contribution in [0.25, 0.3) is 11.0 Å². The number of hydrogen-bond acceptors (Lipinski definition) is 6. The third-order valence-electron chi connectivity index (χ3n) is 5.61. The highest BCUT2D eigenvalue weighted by Gasteiger charge is 2.34. The van der Waals surface area contributed by atoms with Gasteiger partial charge in [-0.2, -0.15) is 0 Å². The zero-order valence-corrected chi connectivity index (χ0v) is 19.0. The van der Waals surface area contributed by atoms with E-state index in [1.165, 1.54) is 13.0 Å². The molecule has 1 amide bonds. The monoisotopic (exact) mass is 448 g/mol. The first-order valence-corrected chi connectivity index (χ1v) is 11.8. The van der Waals surface area contributed by atoms with Gasteiger partial charge in [-0.15, -0.1) is 0 Å². The molecule has 31 heavy (non-hydrogen) atoms. The third-order valence-corrected chi connectivity index (χ3v) is 7.86.